The number of unbranched alkanes of at least 4 members (excludes halogenated alkanes) is 2. The average molecular weight is 98.5 g/mol. The summed E-state index contributed by atoms with van der Waals surface area (Å²) in [6, 6.07) is 0. The van der Waals surface area contributed by atoms with Crippen LogP contribution in [0.4, 0.5) is 0 Å². The van der Waals surface area contributed by atoms with Crippen molar-refractivity contribution in [3.05, 3.63) is 0 Å². The smallest absolute Gasteiger partial charge is 0.0654 e. The molecule has 0 unspecified atom stereocenters. The van der Waals surface area contributed by atoms with Crippen molar-refractivity contribution in [2.24, 2.45) is 0 Å². The second kappa shape index (κ2) is 9.23. The van der Waals surface area contributed by atoms with Crippen LogP contribution in [0, 0.1) is 0 Å². The highest BCUT2D eigenvalue weighted by Crippen LogP contribution is 1.88. The minimum absolute atomic E-state index is 0. The largest absolute Gasteiger partial charge is 0.316 e. The molecule has 0 aromatic heterocycles. The van der Waals surface area contributed by atoms with E-state index in [0.29, 0.717) is 0 Å². The molecule has 0 spiro atoms. The maximum atomic E-state index is 2.21. The van der Waals surface area contributed by atoms with Gasteiger partial charge in [0, 0.05) is 0 Å². The summed E-state index contributed by atoms with van der Waals surface area (Å²) < 4.78 is 0. The van der Waals surface area contributed by atoms with E-state index < -0.39 is 0 Å². The van der Waals surface area contributed by atoms with Gasteiger partial charge in [-0.1, -0.05) is 33.1 Å². The van der Waals surface area contributed by atoms with E-state index in [9.17, 15) is 0 Å². The van der Waals surface area contributed by atoms with Crippen molar-refractivity contribution in [3.63, 3.8) is 0 Å². The van der Waals surface area contributed by atoms with Crippen molar-refractivity contribution in [2.75, 3.05) is 0 Å². The molecule has 0 aliphatic rings. The summed E-state index contributed by atoms with van der Waals surface area (Å²) in [6.45, 7) is 4.42. The van der Waals surface area contributed by atoms with E-state index in [1.807, 2.05) is 0 Å². The Balaban J connectivity index is 0. The second-order valence-corrected chi connectivity index (χ2v) is 1.35. The van der Waals surface area contributed by atoms with E-state index in [1.165, 1.54) is 19.3 Å². The quantitative estimate of drug-likeness (QED) is 0.457. The zero-order valence-electron chi connectivity index (χ0n) is 4.12. The predicted octanol–water partition coefficient (Wildman–Crippen LogP) is 1.28. The third kappa shape index (κ3) is 8.84. The molecule has 0 rings (SSSR count). The van der Waals surface area contributed by atoms with Crippen LogP contribution in [0.3, 0.4) is 0 Å². The minimum Gasteiger partial charge on any atom is -0.0654 e. The van der Waals surface area contributed by atoms with E-state index in [2.05, 4.69) is 13.8 Å². The summed E-state index contributed by atoms with van der Waals surface area (Å²) in [5.74, 6) is 0. The third-order valence-electron chi connectivity index (χ3n) is 0.707. The van der Waals surface area contributed by atoms with Crippen LogP contribution in [0.2, 0.25) is 0 Å². The lowest BCUT2D eigenvalue weighted by atomic mass is 10.3. The van der Waals surface area contributed by atoms with Crippen molar-refractivity contribution in [1.82, 2.24) is 0 Å². The van der Waals surface area contributed by atoms with Gasteiger partial charge in [0.2, 0.25) is 0 Å². The van der Waals surface area contributed by atoms with Gasteiger partial charge in [-0.25, -0.2) is 0 Å². The molecule has 36 valence electrons. The zero-order valence-corrected chi connectivity index (χ0v) is 4.12. The molecule has 0 bridgehead atoms. The molecule has 0 aromatic carbocycles. The van der Waals surface area contributed by atoms with Crippen molar-refractivity contribution in [3.8, 4) is 0 Å². The minimum atomic E-state index is 0. The maximum Gasteiger partial charge on any atom is 0.316 e. The highest BCUT2D eigenvalue weighted by atomic mass is 24.3. The first kappa shape index (κ1) is 9.90. The Hall–Kier alpha value is 0.766. The molecule has 0 saturated carbocycles. The number of hydrogen-bond donors (Lipinski definition) is 0. The van der Waals surface area contributed by atoms with E-state index in [-0.39, 0.29) is 23.1 Å². The summed E-state index contributed by atoms with van der Waals surface area (Å²) in [6.07, 6.45) is 4.08. The standard InChI is InChI=1S/C5H12.Mg.2H/c1-3-5-4-2;;;/h3-5H2,1-2H3;;;. The van der Waals surface area contributed by atoms with Crippen LogP contribution in [0.5, 0.6) is 0 Å². The van der Waals surface area contributed by atoms with Crippen LogP contribution in [0.1, 0.15) is 33.1 Å². The van der Waals surface area contributed by atoms with Crippen LogP contribution in [0.25, 0.3) is 0 Å². The fourth-order valence-corrected chi connectivity index (χ4v) is 0.354. The van der Waals surface area contributed by atoms with Crippen LogP contribution < -0.4 is 0 Å². The molecule has 0 atom stereocenters. The Morgan fingerprint density at radius 3 is 1.33 bits per heavy atom. The van der Waals surface area contributed by atoms with Gasteiger partial charge < -0.3 is 0 Å². The van der Waals surface area contributed by atoms with Crippen LogP contribution in [-0.4, -0.2) is 23.1 Å². The van der Waals surface area contributed by atoms with Crippen molar-refractivity contribution < 1.29 is 0 Å². The van der Waals surface area contributed by atoms with Gasteiger partial charge in [0.25, 0.3) is 0 Å². The SMILES string of the molecule is CCCCC.[MgH2]. The monoisotopic (exact) mass is 98.1 g/mol. The summed E-state index contributed by atoms with van der Waals surface area (Å²) in [7, 11) is 0. The third-order valence-corrected chi connectivity index (χ3v) is 0.707. The Morgan fingerprint density at radius 2 is 1.33 bits per heavy atom. The molecule has 0 N–H and O–H groups in total. The van der Waals surface area contributed by atoms with Gasteiger partial charge in [-0.15, -0.1) is 0 Å². The molecular weight excluding hydrogens is 84.4 g/mol. The molecule has 0 radical (unpaired) electrons. The first-order chi connectivity index (χ1) is 2.41. The van der Waals surface area contributed by atoms with E-state index >= 15 is 0 Å². The van der Waals surface area contributed by atoms with Gasteiger partial charge in [-0.2, -0.15) is 0 Å². The molecule has 0 fully saturated rings. The first-order valence-corrected chi connectivity index (χ1v) is 2.41. The molecule has 0 saturated heterocycles. The lowest BCUT2D eigenvalue weighted by Gasteiger charge is -1.79. The fourth-order valence-electron chi connectivity index (χ4n) is 0.354. The molecule has 0 amide bonds. The Labute approximate surface area is 56.5 Å². The van der Waals surface area contributed by atoms with E-state index in [4.69, 9.17) is 0 Å². The molecule has 0 heterocycles. The van der Waals surface area contributed by atoms with Crippen molar-refractivity contribution in [1.29, 1.82) is 0 Å². The zero-order chi connectivity index (χ0) is 4.12. The molecule has 0 aliphatic carbocycles. The summed E-state index contributed by atoms with van der Waals surface area (Å²) in [4.78, 5) is 0. The highest BCUT2D eigenvalue weighted by molar-refractivity contribution is 5.75. The Kier molecular flexibility index (Phi) is 15.2. The molecule has 0 aromatic rings. The molecule has 0 nitrogen and oxygen atoms in total. The van der Waals surface area contributed by atoms with Gasteiger partial charge >= 0.3 is 23.1 Å². The Morgan fingerprint density at radius 1 is 1.00 bits per heavy atom. The topological polar surface area (TPSA) is 0 Å². The van der Waals surface area contributed by atoms with Crippen LogP contribution in [-0.2, 0) is 0 Å². The highest BCUT2D eigenvalue weighted by Gasteiger charge is 1.68. The first-order valence-electron chi connectivity index (χ1n) is 2.41. The van der Waals surface area contributed by atoms with Crippen molar-refractivity contribution in [2.45, 2.75) is 33.1 Å². The summed E-state index contributed by atoms with van der Waals surface area (Å²) in [5, 5.41) is 0. The predicted molar refractivity (Wildman–Crippen MR) is 33.7 cm³/mol. The molecular formula is C5H14Mg. The average Bonchev–Trinajstić information content (AvgIpc) is 1.41. The lowest BCUT2D eigenvalue weighted by Crippen LogP contribution is -1.59. The van der Waals surface area contributed by atoms with Gasteiger partial charge in [0.1, 0.15) is 0 Å². The van der Waals surface area contributed by atoms with Gasteiger partial charge in [0.05, 0.1) is 0 Å². The van der Waals surface area contributed by atoms with Crippen molar-refractivity contribution >= 4 is 23.1 Å². The molecule has 0 aliphatic heterocycles. The Bertz CT molecular complexity index is 11.4. The second-order valence-electron chi connectivity index (χ2n) is 1.35. The molecule has 1 heteroatoms. The van der Waals surface area contributed by atoms with E-state index in [1.54, 1.807) is 0 Å². The normalized spacial score (nSPS) is 7.00. The summed E-state index contributed by atoms with van der Waals surface area (Å²) in [5.41, 5.74) is 0. The molecule has 6 heavy (non-hydrogen) atoms. The van der Waals surface area contributed by atoms with Crippen LogP contribution >= 0.6 is 0 Å². The van der Waals surface area contributed by atoms with Gasteiger partial charge in [0.15, 0.2) is 0 Å². The van der Waals surface area contributed by atoms with E-state index in [0.717, 1.165) is 0 Å². The summed E-state index contributed by atoms with van der Waals surface area (Å²) >= 11 is 0. The lowest BCUT2D eigenvalue weighted by molar-refractivity contribution is 0.772. The van der Waals surface area contributed by atoms with Crippen LogP contribution in [0.15, 0.2) is 0 Å². The number of rotatable bonds is 2. The maximum absolute atomic E-state index is 2.21. The van der Waals surface area contributed by atoms with Gasteiger partial charge in [-0.3, -0.25) is 0 Å². The fraction of sp³-hybridized carbons (Fsp3) is 1.00. The van der Waals surface area contributed by atoms with Gasteiger partial charge in [-0.05, 0) is 0 Å². The number of hydrogen-bond acceptors (Lipinski definition) is 0.